The molecule has 0 spiro atoms. The first-order valence-electron chi connectivity index (χ1n) is 5.95. The molecule has 0 fully saturated rings. The van der Waals surface area contributed by atoms with Crippen molar-refractivity contribution in [2.45, 2.75) is 6.54 Å². The first-order valence-corrected chi connectivity index (χ1v) is 6.33. The molecule has 0 aliphatic carbocycles. The summed E-state index contributed by atoms with van der Waals surface area (Å²) in [5.74, 6) is -1.01. The fourth-order valence-electron chi connectivity index (χ4n) is 2.09. The van der Waals surface area contributed by atoms with Crippen LogP contribution in [0.1, 0.15) is 15.9 Å². The Hall–Kier alpha value is -2.40. The van der Waals surface area contributed by atoms with Crippen molar-refractivity contribution in [3.05, 3.63) is 58.6 Å². The molecule has 0 saturated heterocycles. The highest BCUT2D eigenvalue weighted by atomic mass is 35.5. The van der Waals surface area contributed by atoms with E-state index in [9.17, 15) is 4.79 Å². The highest BCUT2D eigenvalue weighted by Gasteiger charge is 2.13. The molecule has 0 radical (unpaired) electrons. The van der Waals surface area contributed by atoms with E-state index in [1.807, 2.05) is 18.2 Å². The molecule has 3 rings (SSSR count). The molecule has 3 aromatic rings. The zero-order chi connectivity index (χ0) is 14.1. The van der Waals surface area contributed by atoms with Crippen LogP contribution in [-0.2, 0) is 6.54 Å². The van der Waals surface area contributed by atoms with E-state index in [1.54, 1.807) is 22.9 Å². The van der Waals surface area contributed by atoms with Crippen molar-refractivity contribution in [3.63, 3.8) is 0 Å². The minimum atomic E-state index is -1.01. The van der Waals surface area contributed by atoms with Gasteiger partial charge >= 0.3 is 5.97 Å². The van der Waals surface area contributed by atoms with Gasteiger partial charge in [0.15, 0.2) is 0 Å². The minimum Gasteiger partial charge on any atom is -0.478 e. The highest BCUT2D eigenvalue weighted by molar-refractivity contribution is 6.30. The number of aromatic nitrogens is 3. The van der Waals surface area contributed by atoms with E-state index in [2.05, 4.69) is 10.3 Å². The monoisotopic (exact) mass is 287 g/mol. The Morgan fingerprint density at radius 2 is 2.05 bits per heavy atom. The zero-order valence-corrected chi connectivity index (χ0v) is 11.1. The predicted molar refractivity (Wildman–Crippen MR) is 75.0 cm³/mol. The maximum atomic E-state index is 11.1. The summed E-state index contributed by atoms with van der Waals surface area (Å²) in [5, 5.41) is 17.8. The van der Waals surface area contributed by atoms with Crippen LogP contribution in [0.3, 0.4) is 0 Å². The van der Waals surface area contributed by atoms with E-state index in [0.717, 1.165) is 5.56 Å². The Kier molecular flexibility index (Phi) is 3.12. The van der Waals surface area contributed by atoms with Crippen molar-refractivity contribution in [2.24, 2.45) is 0 Å². The van der Waals surface area contributed by atoms with Gasteiger partial charge in [0, 0.05) is 5.02 Å². The fourth-order valence-corrected chi connectivity index (χ4v) is 2.30. The van der Waals surface area contributed by atoms with Crippen molar-refractivity contribution in [1.29, 1.82) is 0 Å². The van der Waals surface area contributed by atoms with Gasteiger partial charge in [0.1, 0.15) is 5.52 Å². The summed E-state index contributed by atoms with van der Waals surface area (Å²) in [6, 6.07) is 12.4. The second-order valence-electron chi connectivity index (χ2n) is 4.36. The summed E-state index contributed by atoms with van der Waals surface area (Å²) in [4.78, 5) is 11.1. The van der Waals surface area contributed by atoms with Gasteiger partial charge in [-0.15, -0.1) is 5.10 Å². The lowest BCUT2D eigenvalue weighted by Gasteiger charge is -2.03. The molecule has 6 heteroatoms. The van der Waals surface area contributed by atoms with Crippen molar-refractivity contribution in [2.75, 3.05) is 0 Å². The fraction of sp³-hybridized carbons (Fsp3) is 0.0714. The molecule has 5 nitrogen and oxygen atoms in total. The molecule has 0 amide bonds. The smallest absolute Gasteiger partial charge is 0.338 e. The lowest BCUT2D eigenvalue weighted by atomic mass is 10.2. The van der Waals surface area contributed by atoms with Crippen molar-refractivity contribution in [1.82, 2.24) is 15.0 Å². The Morgan fingerprint density at radius 1 is 1.25 bits per heavy atom. The summed E-state index contributed by atoms with van der Waals surface area (Å²) >= 11 is 5.95. The molecule has 0 atom stereocenters. The van der Waals surface area contributed by atoms with E-state index in [1.165, 1.54) is 6.07 Å². The largest absolute Gasteiger partial charge is 0.478 e. The van der Waals surface area contributed by atoms with Crippen LogP contribution in [0.15, 0.2) is 42.5 Å². The van der Waals surface area contributed by atoms with E-state index in [4.69, 9.17) is 16.7 Å². The molecular weight excluding hydrogens is 278 g/mol. The first-order chi connectivity index (χ1) is 9.65. The molecule has 0 aliphatic heterocycles. The van der Waals surface area contributed by atoms with Crippen LogP contribution < -0.4 is 0 Å². The summed E-state index contributed by atoms with van der Waals surface area (Å²) in [7, 11) is 0. The van der Waals surface area contributed by atoms with Crippen LogP contribution in [0.2, 0.25) is 5.02 Å². The zero-order valence-electron chi connectivity index (χ0n) is 10.3. The average Bonchev–Trinajstić information content (AvgIpc) is 2.82. The summed E-state index contributed by atoms with van der Waals surface area (Å²) in [6.45, 7) is 0.486. The number of carbonyl (C=O) groups is 1. The third-order valence-corrected chi connectivity index (χ3v) is 3.23. The third-order valence-electron chi connectivity index (χ3n) is 3.00. The average molecular weight is 288 g/mol. The number of halogens is 1. The number of hydrogen-bond acceptors (Lipinski definition) is 3. The normalized spacial score (nSPS) is 10.8. The molecule has 1 N–H and O–H groups in total. The first kappa shape index (κ1) is 12.6. The SMILES string of the molecule is O=C(O)c1cccc2c1nnn2Cc1cccc(Cl)c1. The van der Waals surface area contributed by atoms with Gasteiger partial charge < -0.3 is 5.11 Å². The quantitative estimate of drug-likeness (QED) is 0.804. The van der Waals surface area contributed by atoms with E-state index >= 15 is 0 Å². The molecule has 100 valence electrons. The number of carboxylic acids is 1. The van der Waals surface area contributed by atoms with Crippen molar-refractivity contribution >= 4 is 28.6 Å². The van der Waals surface area contributed by atoms with Gasteiger partial charge in [-0.1, -0.05) is 35.0 Å². The number of carboxylic acid groups (broad SMARTS) is 1. The highest BCUT2D eigenvalue weighted by Crippen LogP contribution is 2.18. The van der Waals surface area contributed by atoms with Crippen LogP contribution in [0.25, 0.3) is 11.0 Å². The molecule has 0 saturated carbocycles. The molecule has 2 aromatic carbocycles. The molecule has 1 heterocycles. The number of aromatic carboxylic acids is 1. The molecule has 20 heavy (non-hydrogen) atoms. The Labute approximate surface area is 119 Å². The predicted octanol–water partition coefficient (Wildman–Crippen LogP) is 2.83. The maximum absolute atomic E-state index is 11.1. The molecular formula is C14H10ClN3O2. The molecule has 0 bridgehead atoms. The van der Waals surface area contributed by atoms with Gasteiger partial charge in [-0.3, -0.25) is 0 Å². The Morgan fingerprint density at radius 3 is 2.80 bits per heavy atom. The van der Waals surface area contributed by atoms with Gasteiger partial charge in [-0.2, -0.15) is 0 Å². The molecule has 0 unspecified atom stereocenters. The number of nitrogens with zero attached hydrogens (tertiary/aromatic N) is 3. The van der Waals surface area contributed by atoms with E-state index < -0.39 is 5.97 Å². The topological polar surface area (TPSA) is 68.0 Å². The second kappa shape index (κ2) is 4.94. The van der Waals surface area contributed by atoms with Crippen LogP contribution in [-0.4, -0.2) is 26.1 Å². The van der Waals surface area contributed by atoms with Gasteiger partial charge in [0.25, 0.3) is 0 Å². The number of rotatable bonds is 3. The molecule has 0 aliphatic rings. The third kappa shape index (κ3) is 2.23. The lowest BCUT2D eigenvalue weighted by molar-refractivity contribution is 0.0699. The van der Waals surface area contributed by atoms with Gasteiger partial charge in [0.2, 0.25) is 0 Å². The molecule has 1 aromatic heterocycles. The lowest BCUT2D eigenvalue weighted by Crippen LogP contribution is -2.02. The summed E-state index contributed by atoms with van der Waals surface area (Å²) in [5.41, 5.74) is 2.21. The second-order valence-corrected chi connectivity index (χ2v) is 4.79. The van der Waals surface area contributed by atoms with Gasteiger partial charge in [-0.25, -0.2) is 9.48 Å². The van der Waals surface area contributed by atoms with Crippen molar-refractivity contribution < 1.29 is 9.90 Å². The summed E-state index contributed by atoms with van der Waals surface area (Å²) in [6.07, 6.45) is 0. The number of benzene rings is 2. The number of hydrogen-bond donors (Lipinski definition) is 1. The van der Waals surface area contributed by atoms with Crippen LogP contribution >= 0.6 is 11.6 Å². The van der Waals surface area contributed by atoms with Crippen molar-refractivity contribution in [3.8, 4) is 0 Å². The van der Waals surface area contributed by atoms with Crippen LogP contribution in [0.5, 0.6) is 0 Å². The maximum Gasteiger partial charge on any atom is 0.338 e. The van der Waals surface area contributed by atoms with Crippen LogP contribution in [0.4, 0.5) is 0 Å². The van der Waals surface area contributed by atoms with Crippen LogP contribution in [0, 0.1) is 0 Å². The Bertz CT molecular complexity index is 798. The van der Waals surface area contributed by atoms with E-state index in [0.29, 0.717) is 22.6 Å². The summed E-state index contributed by atoms with van der Waals surface area (Å²) < 4.78 is 1.66. The minimum absolute atomic E-state index is 0.153. The van der Waals surface area contributed by atoms with E-state index in [-0.39, 0.29) is 5.56 Å². The van der Waals surface area contributed by atoms with Gasteiger partial charge in [0.05, 0.1) is 17.6 Å². The number of fused-ring (bicyclic) bond motifs is 1. The standard InChI is InChI=1S/C14H10ClN3O2/c15-10-4-1-3-9(7-10)8-18-12-6-2-5-11(14(19)20)13(12)16-17-18/h1-7H,8H2,(H,19,20). The Balaban J connectivity index is 2.05. The van der Waals surface area contributed by atoms with Gasteiger partial charge in [-0.05, 0) is 29.8 Å².